The Balaban J connectivity index is 4.06. The van der Waals surface area contributed by atoms with E-state index in [-0.39, 0.29) is 12.3 Å². The molecule has 0 aliphatic heterocycles. The minimum Gasteiger partial charge on any atom is -0.292 e. The molecule has 0 saturated heterocycles. The highest BCUT2D eigenvalue weighted by atomic mass is 16.2. The maximum absolute atomic E-state index is 10.6. The number of carbonyl (C=O) groups excluding carboxylic acids is 2. The summed E-state index contributed by atoms with van der Waals surface area (Å²) in [6.45, 7) is 3.47. The number of nitrogens with zero attached hydrogens (tertiary/aromatic N) is 1. The Morgan fingerprint density at radius 1 is 1.70 bits per heavy atom. The third-order valence-electron chi connectivity index (χ3n) is 0.994. The van der Waals surface area contributed by atoms with Crippen LogP contribution in [-0.4, -0.2) is 23.2 Å². The van der Waals surface area contributed by atoms with Gasteiger partial charge in [0.15, 0.2) is 0 Å². The van der Waals surface area contributed by atoms with Gasteiger partial charge in [0.05, 0.1) is 0 Å². The monoisotopic (exact) mass is 145 g/mol. The quantitative estimate of drug-likeness (QED) is 0.226. The van der Waals surface area contributed by atoms with Gasteiger partial charge in [-0.05, 0) is 13.8 Å². The number of hydrazine groups is 2. The number of hydrogen-bond acceptors (Lipinski definition) is 4. The van der Waals surface area contributed by atoms with E-state index in [1.807, 2.05) is 0 Å². The first kappa shape index (κ1) is 9.06. The van der Waals surface area contributed by atoms with Gasteiger partial charge >= 0.3 is 5.91 Å². The number of hydrogen-bond donors (Lipinski definition) is 2. The van der Waals surface area contributed by atoms with Gasteiger partial charge in [-0.1, -0.05) is 0 Å². The average Bonchev–Trinajstić information content (AvgIpc) is 1.88. The zero-order valence-corrected chi connectivity index (χ0v) is 6.00. The van der Waals surface area contributed by atoms with E-state index in [4.69, 9.17) is 5.84 Å². The van der Waals surface area contributed by atoms with E-state index >= 15 is 0 Å². The maximum atomic E-state index is 10.6. The topological polar surface area (TPSA) is 75.4 Å². The van der Waals surface area contributed by atoms with Gasteiger partial charge in [0.1, 0.15) is 0 Å². The summed E-state index contributed by atoms with van der Waals surface area (Å²) in [6, 6.07) is -0.123. The summed E-state index contributed by atoms with van der Waals surface area (Å²) in [5.41, 5.74) is 2.10. The third kappa shape index (κ3) is 2.12. The molecule has 0 aromatic rings. The van der Waals surface area contributed by atoms with Crippen molar-refractivity contribution in [3.63, 3.8) is 0 Å². The molecule has 5 heteroatoms. The predicted molar refractivity (Wildman–Crippen MR) is 35.4 cm³/mol. The Kier molecular flexibility index (Phi) is 3.60. The molecule has 1 amide bonds. The molecule has 5 nitrogen and oxygen atoms in total. The van der Waals surface area contributed by atoms with Crippen LogP contribution in [0.25, 0.3) is 0 Å². The fraction of sp³-hybridized carbons (Fsp3) is 0.600. The van der Waals surface area contributed by atoms with E-state index in [0.29, 0.717) is 0 Å². The number of carbonyl (C=O) groups is 2. The van der Waals surface area contributed by atoms with Crippen LogP contribution in [0.5, 0.6) is 0 Å². The van der Waals surface area contributed by atoms with Crippen LogP contribution in [0.2, 0.25) is 0 Å². The Labute approximate surface area is 59.1 Å². The first-order valence-electron chi connectivity index (χ1n) is 2.88. The molecule has 0 aromatic carbocycles. The fourth-order valence-electron chi connectivity index (χ4n) is 0.524. The van der Waals surface area contributed by atoms with E-state index in [9.17, 15) is 9.59 Å². The van der Waals surface area contributed by atoms with E-state index in [1.54, 1.807) is 13.8 Å². The van der Waals surface area contributed by atoms with Crippen LogP contribution in [-0.2, 0) is 9.59 Å². The van der Waals surface area contributed by atoms with Crippen molar-refractivity contribution in [3.05, 3.63) is 0 Å². The summed E-state index contributed by atoms with van der Waals surface area (Å²) in [5, 5.41) is 1.03. The second-order valence-electron chi connectivity index (χ2n) is 2.05. The lowest BCUT2D eigenvalue weighted by molar-refractivity contribution is -0.142. The van der Waals surface area contributed by atoms with Crippen LogP contribution in [0.3, 0.4) is 0 Å². The second-order valence-corrected chi connectivity index (χ2v) is 2.05. The lowest BCUT2D eigenvalue weighted by Crippen LogP contribution is -2.51. The van der Waals surface area contributed by atoms with Gasteiger partial charge in [0.25, 0.3) is 0 Å². The summed E-state index contributed by atoms with van der Waals surface area (Å²) in [7, 11) is 0. The predicted octanol–water partition coefficient (Wildman–Crippen LogP) is -1.20. The van der Waals surface area contributed by atoms with Crippen molar-refractivity contribution in [3.8, 4) is 0 Å². The zero-order chi connectivity index (χ0) is 8.15. The molecule has 0 spiro atoms. The molecule has 0 fully saturated rings. The SMILES string of the molecule is CC(C)N(NN)C(=O)C=O. The van der Waals surface area contributed by atoms with Crippen molar-refractivity contribution >= 4 is 12.2 Å². The molecular weight excluding hydrogens is 134 g/mol. The third-order valence-corrected chi connectivity index (χ3v) is 0.994. The highest BCUT2D eigenvalue weighted by Gasteiger charge is 2.13. The van der Waals surface area contributed by atoms with Crippen molar-refractivity contribution in [1.29, 1.82) is 0 Å². The van der Waals surface area contributed by atoms with Crippen LogP contribution in [0, 0.1) is 0 Å². The fourth-order valence-corrected chi connectivity index (χ4v) is 0.524. The van der Waals surface area contributed by atoms with Crippen LogP contribution >= 0.6 is 0 Å². The number of rotatable bonds is 3. The Hall–Kier alpha value is -0.940. The van der Waals surface area contributed by atoms with Gasteiger partial charge in [0.2, 0.25) is 6.29 Å². The molecule has 0 aromatic heterocycles. The molecule has 0 aliphatic carbocycles. The van der Waals surface area contributed by atoms with Crippen LogP contribution in [0.4, 0.5) is 0 Å². The van der Waals surface area contributed by atoms with Crippen molar-refractivity contribution in [2.75, 3.05) is 0 Å². The largest absolute Gasteiger partial charge is 0.302 e. The van der Waals surface area contributed by atoms with Crippen LogP contribution < -0.4 is 11.4 Å². The normalized spacial score (nSPS) is 9.60. The minimum absolute atomic E-state index is 0.123. The summed E-state index contributed by atoms with van der Waals surface area (Å²) >= 11 is 0. The highest BCUT2D eigenvalue weighted by molar-refractivity contribution is 6.23. The number of nitrogens with one attached hydrogen (secondary N) is 1. The Morgan fingerprint density at radius 3 is 2.30 bits per heavy atom. The van der Waals surface area contributed by atoms with Crippen molar-refractivity contribution in [2.45, 2.75) is 19.9 Å². The molecule has 0 heterocycles. The van der Waals surface area contributed by atoms with Gasteiger partial charge in [-0.3, -0.25) is 20.4 Å². The summed E-state index contributed by atoms with van der Waals surface area (Å²) < 4.78 is 0. The van der Waals surface area contributed by atoms with Gasteiger partial charge in [0, 0.05) is 6.04 Å². The lowest BCUT2D eigenvalue weighted by atomic mass is 10.4. The smallest absolute Gasteiger partial charge is 0.292 e. The summed E-state index contributed by atoms with van der Waals surface area (Å²) in [6.07, 6.45) is 0.208. The Morgan fingerprint density at radius 2 is 2.20 bits per heavy atom. The molecule has 0 saturated carbocycles. The molecule has 0 aliphatic rings. The van der Waals surface area contributed by atoms with E-state index in [0.717, 1.165) is 5.01 Å². The van der Waals surface area contributed by atoms with Crippen molar-refractivity contribution in [2.24, 2.45) is 5.84 Å². The molecule has 10 heavy (non-hydrogen) atoms. The van der Waals surface area contributed by atoms with Crippen LogP contribution in [0.15, 0.2) is 0 Å². The number of amides is 1. The molecule has 58 valence electrons. The van der Waals surface area contributed by atoms with Gasteiger partial charge in [-0.2, -0.15) is 5.53 Å². The van der Waals surface area contributed by atoms with E-state index < -0.39 is 5.91 Å². The highest BCUT2D eigenvalue weighted by Crippen LogP contribution is 1.89. The molecule has 3 N–H and O–H groups in total. The van der Waals surface area contributed by atoms with E-state index in [2.05, 4.69) is 5.53 Å². The first-order valence-corrected chi connectivity index (χ1v) is 2.88. The Bertz CT molecular complexity index is 135. The summed E-state index contributed by atoms with van der Waals surface area (Å²) in [4.78, 5) is 20.5. The second kappa shape index (κ2) is 3.97. The lowest BCUT2D eigenvalue weighted by Gasteiger charge is -2.21. The van der Waals surface area contributed by atoms with Gasteiger partial charge in [-0.15, -0.1) is 0 Å². The molecule has 0 atom stereocenters. The molecule has 0 unspecified atom stereocenters. The van der Waals surface area contributed by atoms with Gasteiger partial charge in [-0.25, -0.2) is 0 Å². The number of aldehydes is 1. The molecular formula is C5H11N3O2. The average molecular weight is 145 g/mol. The minimum atomic E-state index is -0.669. The first-order chi connectivity index (χ1) is 4.63. The zero-order valence-electron chi connectivity index (χ0n) is 6.00. The molecule has 0 radical (unpaired) electrons. The van der Waals surface area contributed by atoms with Crippen molar-refractivity contribution in [1.82, 2.24) is 10.5 Å². The van der Waals surface area contributed by atoms with Crippen LogP contribution in [0.1, 0.15) is 13.8 Å². The summed E-state index contributed by atoms with van der Waals surface area (Å²) in [5.74, 6) is 4.28. The number of nitrogens with two attached hydrogens (primary N) is 1. The molecule has 0 bridgehead atoms. The van der Waals surface area contributed by atoms with Crippen molar-refractivity contribution < 1.29 is 9.59 Å². The maximum Gasteiger partial charge on any atom is 0.302 e. The standard InChI is InChI=1S/C5H11N3O2/c1-4(2)8(7-6)5(10)3-9/h3-4,7H,6H2,1-2H3. The van der Waals surface area contributed by atoms with E-state index in [1.165, 1.54) is 0 Å². The molecule has 0 rings (SSSR count). The van der Waals surface area contributed by atoms with Gasteiger partial charge < -0.3 is 0 Å².